The number of anilines is 1. The van der Waals surface area contributed by atoms with Gasteiger partial charge in [-0.05, 0) is 19.9 Å². The van der Waals surface area contributed by atoms with Gasteiger partial charge in [0.05, 0.1) is 11.4 Å². The third-order valence-corrected chi connectivity index (χ3v) is 3.03. The molecule has 0 amide bonds. The van der Waals surface area contributed by atoms with Gasteiger partial charge >= 0.3 is 5.97 Å². The Morgan fingerprint density at radius 2 is 2.18 bits per heavy atom. The van der Waals surface area contributed by atoms with Gasteiger partial charge in [-0.1, -0.05) is 0 Å². The Balaban J connectivity index is 2.96. The SMILES string of the molecule is Cc1cc(NCCS(C)=O)c(C(=O)O)c(C)n1. The Kier molecular flexibility index (Phi) is 4.62. The molecule has 6 heteroatoms. The number of carboxylic acid groups (broad SMARTS) is 1. The highest BCUT2D eigenvalue weighted by Crippen LogP contribution is 2.19. The monoisotopic (exact) mass is 256 g/mol. The first-order valence-corrected chi connectivity index (χ1v) is 6.90. The summed E-state index contributed by atoms with van der Waals surface area (Å²) in [7, 11) is -0.893. The number of hydrogen-bond donors (Lipinski definition) is 2. The quantitative estimate of drug-likeness (QED) is 0.827. The number of aromatic carboxylic acids is 1. The summed E-state index contributed by atoms with van der Waals surface area (Å²) >= 11 is 0. The molecule has 0 bridgehead atoms. The van der Waals surface area contributed by atoms with Crippen LogP contribution in [0.1, 0.15) is 21.7 Å². The van der Waals surface area contributed by atoms with Gasteiger partial charge in [-0.15, -0.1) is 0 Å². The van der Waals surface area contributed by atoms with Gasteiger partial charge < -0.3 is 10.4 Å². The summed E-state index contributed by atoms with van der Waals surface area (Å²) in [6.07, 6.45) is 1.61. The lowest BCUT2D eigenvalue weighted by Gasteiger charge is -2.11. The maximum atomic E-state index is 11.1. The minimum Gasteiger partial charge on any atom is -0.478 e. The number of nitrogens with one attached hydrogen (secondary N) is 1. The van der Waals surface area contributed by atoms with Crippen molar-refractivity contribution in [2.45, 2.75) is 13.8 Å². The molecular formula is C11H16N2O3S. The molecule has 0 radical (unpaired) electrons. The van der Waals surface area contributed by atoms with Crippen molar-refractivity contribution in [2.24, 2.45) is 0 Å². The number of rotatable bonds is 5. The van der Waals surface area contributed by atoms with Crippen LogP contribution in [0.25, 0.3) is 0 Å². The Bertz CT molecular complexity index is 460. The minimum absolute atomic E-state index is 0.178. The highest BCUT2D eigenvalue weighted by Gasteiger charge is 2.14. The molecule has 0 fully saturated rings. The van der Waals surface area contributed by atoms with Crippen molar-refractivity contribution in [3.05, 3.63) is 23.0 Å². The van der Waals surface area contributed by atoms with Crippen LogP contribution in [0.2, 0.25) is 0 Å². The van der Waals surface area contributed by atoms with Crippen molar-refractivity contribution in [2.75, 3.05) is 23.9 Å². The molecule has 0 saturated heterocycles. The predicted molar refractivity (Wildman–Crippen MR) is 68.1 cm³/mol. The Labute approximate surface area is 103 Å². The Morgan fingerprint density at radius 3 is 2.71 bits per heavy atom. The van der Waals surface area contributed by atoms with Crippen LogP contribution in [0.3, 0.4) is 0 Å². The van der Waals surface area contributed by atoms with Crippen molar-refractivity contribution in [1.29, 1.82) is 0 Å². The average molecular weight is 256 g/mol. The molecule has 0 aromatic carbocycles. The molecule has 94 valence electrons. The number of pyridine rings is 1. The molecule has 0 aliphatic heterocycles. The van der Waals surface area contributed by atoms with Gasteiger partial charge in [-0.2, -0.15) is 0 Å². The fourth-order valence-corrected chi connectivity index (χ4v) is 1.96. The van der Waals surface area contributed by atoms with E-state index in [9.17, 15) is 9.00 Å². The minimum atomic E-state index is -1.00. The summed E-state index contributed by atoms with van der Waals surface area (Å²) in [5, 5.41) is 12.1. The van der Waals surface area contributed by atoms with E-state index in [1.54, 1.807) is 19.2 Å². The lowest BCUT2D eigenvalue weighted by atomic mass is 10.1. The lowest BCUT2D eigenvalue weighted by molar-refractivity contribution is 0.0696. The highest BCUT2D eigenvalue weighted by atomic mass is 32.2. The average Bonchev–Trinajstić information content (AvgIpc) is 2.14. The molecule has 1 aromatic rings. The molecule has 0 saturated carbocycles. The number of hydrogen-bond acceptors (Lipinski definition) is 4. The second-order valence-corrected chi connectivity index (χ2v) is 5.34. The lowest BCUT2D eigenvalue weighted by Crippen LogP contribution is -2.14. The number of nitrogens with zero attached hydrogens (tertiary/aromatic N) is 1. The summed E-state index contributed by atoms with van der Waals surface area (Å²) in [5.74, 6) is -0.519. The summed E-state index contributed by atoms with van der Waals surface area (Å²) in [6, 6.07) is 1.69. The van der Waals surface area contributed by atoms with Crippen molar-refractivity contribution in [3.8, 4) is 0 Å². The third-order valence-electron chi connectivity index (χ3n) is 2.25. The van der Waals surface area contributed by atoms with Crippen LogP contribution in [0.5, 0.6) is 0 Å². The van der Waals surface area contributed by atoms with E-state index in [1.807, 2.05) is 6.92 Å². The number of carbonyl (C=O) groups is 1. The largest absolute Gasteiger partial charge is 0.478 e. The van der Waals surface area contributed by atoms with E-state index in [2.05, 4.69) is 10.3 Å². The van der Waals surface area contributed by atoms with Gasteiger partial charge in [0.2, 0.25) is 0 Å². The fourth-order valence-electron chi connectivity index (χ4n) is 1.57. The van der Waals surface area contributed by atoms with Gasteiger partial charge in [0.25, 0.3) is 0 Å². The topological polar surface area (TPSA) is 79.3 Å². The van der Waals surface area contributed by atoms with E-state index in [1.165, 1.54) is 0 Å². The normalized spacial score (nSPS) is 12.2. The van der Waals surface area contributed by atoms with Gasteiger partial charge in [0.15, 0.2) is 0 Å². The van der Waals surface area contributed by atoms with Crippen molar-refractivity contribution in [3.63, 3.8) is 0 Å². The second kappa shape index (κ2) is 5.77. The van der Waals surface area contributed by atoms with E-state index < -0.39 is 16.8 Å². The molecule has 0 aliphatic carbocycles. The molecule has 1 aromatic heterocycles. The van der Waals surface area contributed by atoms with Crippen molar-refractivity contribution >= 4 is 22.5 Å². The maximum Gasteiger partial charge on any atom is 0.339 e. The predicted octanol–water partition coefficient (Wildman–Crippen LogP) is 1.19. The van der Waals surface area contributed by atoms with Crippen LogP contribution in [0.4, 0.5) is 5.69 Å². The third kappa shape index (κ3) is 3.81. The standard InChI is InChI=1S/C11H16N2O3S/c1-7-6-9(12-4-5-17(3)16)10(11(14)15)8(2)13-7/h6H,4-5H2,1-3H3,(H,12,13)(H,14,15). The number of aryl methyl sites for hydroxylation is 2. The molecule has 0 spiro atoms. The highest BCUT2D eigenvalue weighted by molar-refractivity contribution is 7.84. The zero-order valence-electron chi connectivity index (χ0n) is 10.1. The van der Waals surface area contributed by atoms with Gasteiger partial charge in [-0.25, -0.2) is 4.79 Å². The first kappa shape index (κ1) is 13.6. The Morgan fingerprint density at radius 1 is 1.53 bits per heavy atom. The zero-order chi connectivity index (χ0) is 13.0. The van der Waals surface area contributed by atoms with E-state index in [0.717, 1.165) is 5.69 Å². The molecule has 1 rings (SSSR count). The van der Waals surface area contributed by atoms with Crippen molar-refractivity contribution in [1.82, 2.24) is 4.98 Å². The molecule has 17 heavy (non-hydrogen) atoms. The van der Waals surface area contributed by atoms with Crippen LogP contribution in [0.15, 0.2) is 6.07 Å². The van der Waals surface area contributed by atoms with Crippen LogP contribution in [-0.2, 0) is 10.8 Å². The molecular weight excluding hydrogens is 240 g/mol. The van der Waals surface area contributed by atoms with Gasteiger partial charge in [-0.3, -0.25) is 9.19 Å². The van der Waals surface area contributed by atoms with Gasteiger partial charge in [0, 0.05) is 35.0 Å². The molecule has 0 aliphatic rings. The van der Waals surface area contributed by atoms with Gasteiger partial charge in [0.1, 0.15) is 5.56 Å². The molecule has 5 nitrogen and oxygen atoms in total. The maximum absolute atomic E-state index is 11.1. The first-order chi connectivity index (χ1) is 7.91. The van der Waals surface area contributed by atoms with E-state index in [4.69, 9.17) is 5.11 Å². The van der Waals surface area contributed by atoms with Crippen LogP contribution in [0, 0.1) is 13.8 Å². The molecule has 1 heterocycles. The number of aromatic nitrogens is 1. The summed E-state index contributed by atoms with van der Waals surface area (Å²) in [6.45, 7) is 3.95. The number of carboxylic acids is 1. The zero-order valence-corrected chi connectivity index (χ0v) is 10.9. The molecule has 1 atom stereocenters. The van der Waals surface area contributed by atoms with E-state index >= 15 is 0 Å². The van der Waals surface area contributed by atoms with Crippen molar-refractivity contribution < 1.29 is 14.1 Å². The molecule has 1 unspecified atom stereocenters. The smallest absolute Gasteiger partial charge is 0.339 e. The summed E-state index contributed by atoms with van der Waals surface area (Å²) in [4.78, 5) is 15.2. The summed E-state index contributed by atoms with van der Waals surface area (Å²) < 4.78 is 10.9. The van der Waals surface area contributed by atoms with Crippen LogP contribution >= 0.6 is 0 Å². The second-order valence-electron chi connectivity index (χ2n) is 3.78. The summed E-state index contributed by atoms with van der Waals surface area (Å²) in [5.41, 5.74) is 1.95. The first-order valence-electron chi connectivity index (χ1n) is 5.17. The molecule has 2 N–H and O–H groups in total. The van der Waals surface area contributed by atoms with E-state index in [-0.39, 0.29) is 5.56 Å². The van der Waals surface area contributed by atoms with Crippen LogP contribution < -0.4 is 5.32 Å². The Hall–Kier alpha value is -1.43. The fraction of sp³-hybridized carbons (Fsp3) is 0.455. The van der Waals surface area contributed by atoms with Crippen LogP contribution in [-0.4, -0.2) is 38.8 Å². The van der Waals surface area contributed by atoms with E-state index in [0.29, 0.717) is 23.7 Å².